The average molecular weight is 1290 g/mol. The normalized spacial score (nSPS) is 14.8. The van der Waals surface area contributed by atoms with E-state index in [0.717, 1.165) is 128 Å². The van der Waals surface area contributed by atoms with E-state index in [1.807, 2.05) is 26.5 Å². The Balaban J connectivity index is 2.49. The number of carbonyl (C=O) groups is 5. The summed E-state index contributed by atoms with van der Waals surface area (Å²) in [5.74, 6) is 2.47. The Labute approximate surface area is 542 Å². The number of carbonyl (C=O) groups excluding carboxylic acids is 5. The van der Waals surface area contributed by atoms with E-state index < -0.39 is 24.4 Å². The van der Waals surface area contributed by atoms with Gasteiger partial charge in [0.1, 0.15) is 6.61 Å². The summed E-state index contributed by atoms with van der Waals surface area (Å²) in [7, 11) is 3.70. The molecular weight excluding hydrogens is 1160 g/mol. The van der Waals surface area contributed by atoms with Crippen molar-refractivity contribution in [1.29, 1.82) is 0 Å². The minimum atomic E-state index is -0.653. The molecule has 1 aliphatic rings. The second-order valence-electron chi connectivity index (χ2n) is 24.9. The number of rotatable bonds is 60. The Bertz CT molecular complexity index is 1620. The van der Waals surface area contributed by atoms with Gasteiger partial charge in [-0.15, -0.1) is 0 Å². The molecule has 0 saturated carbocycles. The van der Waals surface area contributed by atoms with Crippen LogP contribution < -0.4 is 0 Å². The monoisotopic (exact) mass is 1290 g/mol. The van der Waals surface area contributed by atoms with Crippen molar-refractivity contribution in [2.75, 3.05) is 123 Å². The van der Waals surface area contributed by atoms with Gasteiger partial charge in [0.05, 0.1) is 50.8 Å². The van der Waals surface area contributed by atoms with Crippen LogP contribution in [0.15, 0.2) is 0 Å². The van der Waals surface area contributed by atoms with Gasteiger partial charge in [0, 0.05) is 109 Å². The molecule has 0 aromatic rings. The lowest BCUT2D eigenvalue weighted by Crippen LogP contribution is -2.47. The number of hydrogen-bond acceptors (Lipinski definition) is 20. The summed E-state index contributed by atoms with van der Waals surface area (Å²) in [5.41, 5.74) is 0. The molecular formula is C68H130N4O14S2. The van der Waals surface area contributed by atoms with Crippen LogP contribution in [0.2, 0.25) is 0 Å². The van der Waals surface area contributed by atoms with E-state index in [1.165, 1.54) is 0 Å². The lowest BCUT2D eigenvalue weighted by Gasteiger charge is -2.34. The van der Waals surface area contributed by atoms with Gasteiger partial charge in [-0.05, 0) is 107 Å². The summed E-state index contributed by atoms with van der Waals surface area (Å²) in [6.45, 7) is 27.4. The number of piperazine rings is 1. The number of hydrogen-bond donors (Lipinski definition) is 4. The first-order valence-corrected chi connectivity index (χ1v) is 37.6. The second-order valence-corrected chi connectivity index (χ2v) is 27.6. The molecule has 1 aliphatic heterocycles. The van der Waals surface area contributed by atoms with Crippen molar-refractivity contribution in [1.82, 2.24) is 19.6 Å². The van der Waals surface area contributed by atoms with Crippen molar-refractivity contribution in [2.45, 2.75) is 260 Å². The summed E-state index contributed by atoms with van der Waals surface area (Å²) >= 11 is 0. The lowest BCUT2D eigenvalue weighted by atomic mass is 10.1. The number of aliphatic hydroxyl groups is 4. The Morgan fingerprint density at radius 1 is 0.364 bits per heavy atom. The minimum absolute atomic E-state index is 0.172. The van der Waals surface area contributed by atoms with Crippen LogP contribution in [0.25, 0.3) is 0 Å². The van der Waals surface area contributed by atoms with Crippen LogP contribution >= 0.6 is 21.6 Å². The van der Waals surface area contributed by atoms with E-state index in [0.29, 0.717) is 192 Å². The Morgan fingerprint density at radius 2 is 0.659 bits per heavy atom. The maximum atomic E-state index is 12.9. The summed E-state index contributed by atoms with van der Waals surface area (Å²) < 4.78 is 27.5. The van der Waals surface area contributed by atoms with Gasteiger partial charge in [-0.3, -0.25) is 38.7 Å². The summed E-state index contributed by atoms with van der Waals surface area (Å²) in [6.07, 6.45) is 17.4. The van der Waals surface area contributed by atoms with Gasteiger partial charge in [-0.1, -0.05) is 154 Å². The van der Waals surface area contributed by atoms with E-state index in [1.54, 1.807) is 0 Å². The molecule has 4 unspecified atom stereocenters. The van der Waals surface area contributed by atoms with Gasteiger partial charge in [0.25, 0.3) is 0 Å². The van der Waals surface area contributed by atoms with Crippen LogP contribution in [-0.2, 0) is 47.7 Å². The Morgan fingerprint density at radius 3 is 1.00 bits per heavy atom. The SMILES string of the molecule is CCC(CC)COC(=O)CCCCC(O)CN(CCCC(=O)OCCN1CCN(CCCCSSCCN(CC(O)CCCCC(=O)OCC(CC)CC)CC(O)CCCCC(=O)OCC(CC)CC)CC1)CC(O)CCCCC(=O)OCC(CC)CC. The molecule has 0 spiro atoms. The number of esters is 5. The molecule has 88 heavy (non-hydrogen) atoms. The van der Waals surface area contributed by atoms with Crippen molar-refractivity contribution >= 4 is 51.4 Å². The third-order valence-corrected chi connectivity index (χ3v) is 20.1. The maximum Gasteiger partial charge on any atom is 0.305 e. The average Bonchev–Trinajstić information content (AvgIpc) is 3.57. The largest absolute Gasteiger partial charge is 0.465 e. The van der Waals surface area contributed by atoms with Gasteiger partial charge in [-0.2, -0.15) is 0 Å². The highest BCUT2D eigenvalue weighted by molar-refractivity contribution is 8.76. The van der Waals surface area contributed by atoms with Crippen molar-refractivity contribution in [3.63, 3.8) is 0 Å². The van der Waals surface area contributed by atoms with Gasteiger partial charge < -0.3 is 49.0 Å². The number of unbranched alkanes of at least 4 members (excludes halogenated alkanes) is 5. The molecule has 0 aromatic heterocycles. The quantitative estimate of drug-likeness (QED) is 0.0192. The highest BCUT2D eigenvalue weighted by Gasteiger charge is 2.22. The van der Waals surface area contributed by atoms with Gasteiger partial charge >= 0.3 is 29.8 Å². The van der Waals surface area contributed by atoms with Crippen LogP contribution in [0.3, 0.4) is 0 Å². The molecule has 1 heterocycles. The number of ether oxygens (including phenoxy) is 5. The molecule has 518 valence electrons. The fourth-order valence-corrected chi connectivity index (χ4v) is 12.9. The zero-order valence-electron chi connectivity index (χ0n) is 56.8. The molecule has 18 nitrogen and oxygen atoms in total. The van der Waals surface area contributed by atoms with E-state index in [2.05, 4.69) is 70.1 Å². The van der Waals surface area contributed by atoms with Gasteiger partial charge in [0.2, 0.25) is 0 Å². The second kappa shape index (κ2) is 56.3. The standard InChI is InChI=1S/C68H130N4O14S2/c1-9-56(10-2)52-83-65(78)32-21-17-28-60(73)48-71(49-61(74)29-18-22-33-66(79)84-53-57(11-3)12-4)38-27-36-64(77)82-45-43-70-41-39-69(40-42-70)37-25-26-46-87-88-47-44-72(50-62(75)30-19-23-34-67(80)85-54-58(13-5)14-6)51-63(76)31-20-24-35-68(81)86-55-59(15-7)16-8/h56-63,73-76H,9-55H2,1-8H3. The molecule has 1 saturated heterocycles. The molecule has 0 aliphatic carbocycles. The predicted octanol–water partition coefficient (Wildman–Crippen LogP) is 11.3. The van der Waals surface area contributed by atoms with E-state index in [9.17, 15) is 44.4 Å². The van der Waals surface area contributed by atoms with Crippen LogP contribution in [0, 0.1) is 23.7 Å². The summed E-state index contributed by atoms with van der Waals surface area (Å²) in [5, 5.41) is 44.1. The number of aliphatic hydroxyl groups excluding tert-OH is 4. The Kier molecular flexibility index (Phi) is 53.6. The maximum absolute atomic E-state index is 12.9. The molecule has 4 atom stereocenters. The first-order valence-electron chi connectivity index (χ1n) is 35.1. The highest BCUT2D eigenvalue weighted by atomic mass is 33.1. The predicted molar refractivity (Wildman–Crippen MR) is 358 cm³/mol. The highest BCUT2D eigenvalue weighted by Crippen LogP contribution is 2.24. The summed E-state index contributed by atoms with van der Waals surface area (Å²) in [4.78, 5) is 71.1. The smallest absolute Gasteiger partial charge is 0.305 e. The first kappa shape index (κ1) is 83.7. The van der Waals surface area contributed by atoms with E-state index in [-0.39, 0.29) is 36.3 Å². The lowest BCUT2D eigenvalue weighted by molar-refractivity contribution is -0.146. The topological polar surface area (TPSA) is 225 Å². The van der Waals surface area contributed by atoms with Crippen LogP contribution in [-0.4, -0.2) is 217 Å². The van der Waals surface area contributed by atoms with Crippen LogP contribution in [0.1, 0.15) is 235 Å². The molecule has 0 radical (unpaired) electrons. The zero-order valence-corrected chi connectivity index (χ0v) is 58.5. The molecule has 4 N–H and O–H groups in total. The molecule has 1 rings (SSSR count). The van der Waals surface area contributed by atoms with E-state index >= 15 is 0 Å². The van der Waals surface area contributed by atoms with Gasteiger partial charge in [0.15, 0.2) is 0 Å². The van der Waals surface area contributed by atoms with Crippen molar-refractivity contribution in [3.8, 4) is 0 Å². The Hall–Kier alpha value is -2.27. The first-order chi connectivity index (χ1) is 42.5. The minimum Gasteiger partial charge on any atom is -0.465 e. The zero-order chi connectivity index (χ0) is 65.0. The molecule has 0 bridgehead atoms. The molecule has 1 fully saturated rings. The number of nitrogens with zero attached hydrogens (tertiary/aromatic N) is 4. The molecule has 0 aromatic carbocycles. The third kappa shape index (κ3) is 46.7. The van der Waals surface area contributed by atoms with Gasteiger partial charge in [-0.25, -0.2) is 0 Å². The third-order valence-electron chi connectivity index (χ3n) is 17.6. The molecule has 20 heteroatoms. The van der Waals surface area contributed by atoms with Crippen LogP contribution in [0.5, 0.6) is 0 Å². The van der Waals surface area contributed by atoms with Crippen LogP contribution in [0.4, 0.5) is 0 Å². The fourth-order valence-electron chi connectivity index (χ4n) is 10.7. The van der Waals surface area contributed by atoms with Crippen molar-refractivity contribution in [3.05, 3.63) is 0 Å². The van der Waals surface area contributed by atoms with E-state index in [4.69, 9.17) is 23.7 Å². The molecule has 0 amide bonds. The van der Waals surface area contributed by atoms with Crippen molar-refractivity contribution in [2.24, 2.45) is 23.7 Å². The van der Waals surface area contributed by atoms with Crippen molar-refractivity contribution < 1.29 is 68.1 Å². The summed E-state index contributed by atoms with van der Waals surface area (Å²) in [6, 6.07) is 0. The fraction of sp³-hybridized carbons (Fsp3) is 0.926.